The average Bonchev–Trinajstić information content (AvgIpc) is 2.80. The Hall–Kier alpha value is -3.47. The molecule has 5 heteroatoms. The molecule has 25 heavy (non-hydrogen) atoms. The van der Waals surface area contributed by atoms with Gasteiger partial charge in [-0.3, -0.25) is 4.79 Å². The number of nitrogens with one attached hydrogen (secondary N) is 1. The predicted octanol–water partition coefficient (Wildman–Crippen LogP) is 3.26. The average molecular weight is 328 g/mol. The number of primary amides is 1. The third kappa shape index (κ3) is 2.87. The Balaban J connectivity index is 1.77. The maximum absolute atomic E-state index is 11.2. The second kappa shape index (κ2) is 6.20. The minimum absolute atomic E-state index is 0.0955. The number of aromatic nitrogens is 2. The molecule has 0 spiro atoms. The predicted molar refractivity (Wildman–Crippen MR) is 97.8 cm³/mol. The fraction of sp³-hybridized carbons (Fsp3) is 0.0500. The fourth-order valence-corrected chi connectivity index (χ4v) is 3.01. The Labute approximate surface area is 145 Å². The zero-order valence-corrected chi connectivity index (χ0v) is 13.4. The number of carbonyl (C=O) groups excluding carboxylic acids is 1. The van der Waals surface area contributed by atoms with Crippen LogP contribution in [-0.4, -0.2) is 15.9 Å². The SMILES string of the molecule is NC(=O)c1cnc(NC2c3ccccc3C=Cc3ccccc32)nc1. The highest BCUT2D eigenvalue weighted by Gasteiger charge is 2.21. The van der Waals surface area contributed by atoms with E-state index in [1.54, 1.807) is 0 Å². The number of amides is 1. The van der Waals surface area contributed by atoms with Gasteiger partial charge in [0.1, 0.15) is 0 Å². The zero-order valence-electron chi connectivity index (χ0n) is 13.4. The summed E-state index contributed by atoms with van der Waals surface area (Å²) < 4.78 is 0. The molecule has 1 heterocycles. The number of hydrogen-bond acceptors (Lipinski definition) is 4. The summed E-state index contributed by atoms with van der Waals surface area (Å²) >= 11 is 0. The van der Waals surface area contributed by atoms with Crippen molar-refractivity contribution >= 4 is 24.0 Å². The molecule has 0 unspecified atom stereocenters. The molecule has 0 fully saturated rings. The molecule has 0 aliphatic heterocycles. The zero-order chi connectivity index (χ0) is 17.2. The minimum Gasteiger partial charge on any atom is -0.366 e. The van der Waals surface area contributed by atoms with E-state index in [0.717, 1.165) is 22.3 Å². The van der Waals surface area contributed by atoms with Gasteiger partial charge in [0.25, 0.3) is 5.91 Å². The van der Waals surface area contributed by atoms with Crippen molar-refractivity contribution in [3.8, 4) is 0 Å². The lowest BCUT2D eigenvalue weighted by Gasteiger charge is -2.21. The van der Waals surface area contributed by atoms with E-state index in [-0.39, 0.29) is 11.6 Å². The van der Waals surface area contributed by atoms with Gasteiger partial charge in [-0.2, -0.15) is 0 Å². The number of nitrogens with zero attached hydrogens (tertiary/aromatic N) is 2. The van der Waals surface area contributed by atoms with Crippen molar-refractivity contribution in [2.45, 2.75) is 6.04 Å². The van der Waals surface area contributed by atoms with Gasteiger partial charge in [0.15, 0.2) is 0 Å². The van der Waals surface area contributed by atoms with Gasteiger partial charge in [0, 0.05) is 12.4 Å². The molecule has 5 nitrogen and oxygen atoms in total. The number of benzene rings is 2. The van der Waals surface area contributed by atoms with Gasteiger partial charge < -0.3 is 11.1 Å². The van der Waals surface area contributed by atoms with Crippen molar-refractivity contribution in [3.63, 3.8) is 0 Å². The highest BCUT2D eigenvalue weighted by atomic mass is 16.1. The number of carbonyl (C=O) groups is 1. The third-order valence-electron chi connectivity index (χ3n) is 4.27. The Morgan fingerprint density at radius 2 is 1.40 bits per heavy atom. The van der Waals surface area contributed by atoms with Gasteiger partial charge in [0.2, 0.25) is 5.95 Å². The first-order valence-electron chi connectivity index (χ1n) is 7.97. The summed E-state index contributed by atoms with van der Waals surface area (Å²) in [6.07, 6.45) is 7.11. The van der Waals surface area contributed by atoms with Gasteiger partial charge >= 0.3 is 0 Å². The first-order valence-corrected chi connectivity index (χ1v) is 7.97. The van der Waals surface area contributed by atoms with Crippen LogP contribution in [0.1, 0.15) is 38.7 Å². The van der Waals surface area contributed by atoms with Crippen molar-refractivity contribution in [2.75, 3.05) is 5.32 Å². The number of fused-ring (bicyclic) bond motifs is 2. The van der Waals surface area contributed by atoms with Crippen molar-refractivity contribution < 1.29 is 4.79 Å². The molecule has 1 amide bonds. The van der Waals surface area contributed by atoms with E-state index in [2.05, 4.69) is 51.7 Å². The van der Waals surface area contributed by atoms with E-state index in [0.29, 0.717) is 5.95 Å². The molecule has 4 rings (SSSR count). The molecule has 1 aliphatic rings. The summed E-state index contributed by atoms with van der Waals surface area (Å²) in [4.78, 5) is 19.6. The maximum Gasteiger partial charge on any atom is 0.251 e. The monoisotopic (exact) mass is 328 g/mol. The summed E-state index contributed by atoms with van der Waals surface area (Å²) in [5, 5.41) is 3.39. The van der Waals surface area contributed by atoms with Gasteiger partial charge in [-0.15, -0.1) is 0 Å². The van der Waals surface area contributed by atoms with Crippen LogP contribution in [0.2, 0.25) is 0 Å². The van der Waals surface area contributed by atoms with Crippen molar-refractivity contribution in [3.05, 3.63) is 88.7 Å². The number of nitrogens with two attached hydrogens (primary N) is 1. The van der Waals surface area contributed by atoms with E-state index in [4.69, 9.17) is 5.73 Å². The molecule has 2 aromatic carbocycles. The summed E-state index contributed by atoms with van der Waals surface area (Å²) in [5.41, 5.74) is 10.1. The summed E-state index contributed by atoms with van der Waals surface area (Å²) in [5.74, 6) is -0.0950. The van der Waals surface area contributed by atoms with Crippen molar-refractivity contribution in [2.24, 2.45) is 5.73 Å². The quantitative estimate of drug-likeness (QED) is 0.773. The Morgan fingerprint density at radius 1 is 0.880 bits per heavy atom. The van der Waals surface area contributed by atoms with E-state index >= 15 is 0 Å². The highest BCUT2D eigenvalue weighted by Crippen LogP contribution is 2.34. The van der Waals surface area contributed by atoms with E-state index < -0.39 is 5.91 Å². The fourth-order valence-electron chi connectivity index (χ4n) is 3.01. The van der Waals surface area contributed by atoms with Gasteiger partial charge in [-0.1, -0.05) is 60.7 Å². The highest BCUT2D eigenvalue weighted by molar-refractivity contribution is 5.92. The lowest BCUT2D eigenvalue weighted by atomic mass is 9.94. The normalized spacial score (nSPS) is 12.8. The second-order valence-corrected chi connectivity index (χ2v) is 5.83. The van der Waals surface area contributed by atoms with E-state index in [1.807, 2.05) is 24.3 Å². The molecular formula is C20H16N4O. The van der Waals surface area contributed by atoms with Crippen LogP contribution in [0, 0.1) is 0 Å². The Bertz CT molecular complexity index is 914. The van der Waals surface area contributed by atoms with Gasteiger partial charge in [-0.25, -0.2) is 9.97 Å². The van der Waals surface area contributed by atoms with Crippen LogP contribution < -0.4 is 11.1 Å². The summed E-state index contributed by atoms with van der Waals surface area (Å²) in [6.45, 7) is 0. The lowest BCUT2D eigenvalue weighted by Crippen LogP contribution is -2.17. The van der Waals surface area contributed by atoms with Crippen LogP contribution in [0.15, 0.2) is 60.9 Å². The molecule has 1 aromatic heterocycles. The molecule has 3 aromatic rings. The molecule has 122 valence electrons. The van der Waals surface area contributed by atoms with Crippen LogP contribution in [0.25, 0.3) is 12.2 Å². The van der Waals surface area contributed by atoms with Crippen LogP contribution in [-0.2, 0) is 0 Å². The molecule has 0 saturated heterocycles. The molecule has 1 aliphatic carbocycles. The van der Waals surface area contributed by atoms with E-state index in [1.165, 1.54) is 12.4 Å². The second-order valence-electron chi connectivity index (χ2n) is 5.83. The van der Waals surface area contributed by atoms with Crippen molar-refractivity contribution in [1.29, 1.82) is 0 Å². The Morgan fingerprint density at radius 3 is 1.92 bits per heavy atom. The first-order chi connectivity index (χ1) is 12.2. The largest absolute Gasteiger partial charge is 0.366 e. The molecule has 0 saturated carbocycles. The van der Waals surface area contributed by atoms with Gasteiger partial charge in [-0.05, 0) is 22.3 Å². The number of hydrogen-bond donors (Lipinski definition) is 2. The van der Waals surface area contributed by atoms with Crippen LogP contribution in [0.5, 0.6) is 0 Å². The number of anilines is 1. The Kier molecular flexibility index (Phi) is 3.74. The standard InChI is InChI=1S/C20H16N4O/c21-19(25)15-11-22-20(23-12-15)24-18-16-7-3-1-5-13(16)9-10-14-6-2-4-8-17(14)18/h1-12,18H,(H2,21,25)(H,22,23,24). The topological polar surface area (TPSA) is 80.9 Å². The number of rotatable bonds is 3. The lowest BCUT2D eigenvalue weighted by molar-refractivity contribution is 0.0999. The smallest absolute Gasteiger partial charge is 0.251 e. The summed E-state index contributed by atoms with van der Waals surface area (Å²) in [7, 11) is 0. The molecule has 3 N–H and O–H groups in total. The van der Waals surface area contributed by atoms with Crippen molar-refractivity contribution in [1.82, 2.24) is 9.97 Å². The van der Waals surface area contributed by atoms with Gasteiger partial charge in [0.05, 0.1) is 11.6 Å². The molecular weight excluding hydrogens is 312 g/mol. The van der Waals surface area contributed by atoms with Crippen LogP contribution in [0.4, 0.5) is 5.95 Å². The molecule has 0 radical (unpaired) electrons. The summed E-state index contributed by atoms with van der Waals surface area (Å²) in [6, 6.07) is 16.4. The third-order valence-corrected chi connectivity index (χ3v) is 4.27. The maximum atomic E-state index is 11.2. The van der Waals surface area contributed by atoms with Crippen LogP contribution in [0.3, 0.4) is 0 Å². The minimum atomic E-state index is -0.541. The first kappa shape index (κ1) is 15.1. The van der Waals surface area contributed by atoms with Crippen LogP contribution >= 0.6 is 0 Å². The molecule has 0 atom stereocenters. The van der Waals surface area contributed by atoms with E-state index in [9.17, 15) is 4.79 Å². The molecule has 0 bridgehead atoms.